The molecular weight excluding hydrogens is 212 g/mol. The Kier molecular flexibility index (Phi) is 6.91. The third-order valence-electron chi connectivity index (χ3n) is 2.19. The Morgan fingerprint density at radius 2 is 1.38 bits per heavy atom. The van der Waals surface area contributed by atoms with Crippen molar-refractivity contribution in [2.75, 3.05) is 12.5 Å². The number of rotatable bonds is 1. The summed E-state index contributed by atoms with van der Waals surface area (Å²) in [4.78, 5) is 1.47. The van der Waals surface area contributed by atoms with Crippen LogP contribution in [0.25, 0.3) is 10.8 Å². The second-order valence-corrected chi connectivity index (χ2v) is 5.37. The van der Waals surface area contributed by atoms with Gasteiger partial charge >= 0.3 is 0 Å². The molecule has 0 radical (unpaired) electrons. The Bertz CT molecular complexity index is 413. The smallest absolute Gasteiger partial charge is 0.162 e. The molecule has 0 saturated carbocycles. The molecule has 0 spiro atoms. The molecule has 16 heavy (non-hydrogen) atoms. The van der Waals surface area contributed by atoms with Crippen LogP contribution in [0.5, 0.6) is 0 Å². The summed E-state index contributed by atoms with van der Waals surface area (Å²) in [5, 5.41) is 2.75. The quantitative estimate of drug-likeness (QED) is 0.501. The highest BCUT2D eigenvalue weighted by Crippen LogP contribution is 2.22. The van der Waals surface area contributed by atoms with Crippen LogP contribution in [0.15, 0.2) is 47.4 Å². The minimum absolute atomic E-state index is 0. The van der Waals surface area contributed by atoms with Crippen molar-refractivity contribution in [2.24, 2.45) is 0 Å². The van der Waals surface area contributed by atoms with Gasteiger partial charge in [0.2, 0.25) is 0 Å². The molecule has 0 atom stereocenters. The van der Waals surface area contributed by atoms with Crippen molar-refractivity contribution in [2.45, 2.75) is 18.7 Å². The number of hydrogen-bond acceptors (Lipinski definition) is 0. The van der Waals surface area contributed by atoms with E-state index in [1.807, 2.05) is 13.8 Å². The van der Waals surface area contributed by atoms with E-state index >= 15 is 0 Å². The fourth-order valence-electron chi connectivity index (χ4n) is 1.55. The first-order chi connectivity index (χ1) is 7.29. The second-order valence-electron chi connectivity index (χ2n) is 3.29. The molecular formula is C15H22S. The highest BCUT2D eigenvalue weighted by molar-refractivity contribution is 7.95. The fraction of sp³-hybridized carbons (Fsp3) is 0.267. The average Bonchev–Trinajstić information content (AvgIpc) is 2.31. The molecule has 0 amide bonds. The zero-order valence-corrected chi connectivity index (χ0v) is 11.8. The first-order valence-electron chi connectivity index (χ1n) is 5.34. The van der Waals surface area contributed by atoms with Gasteiger partial charge in [-0.05, 0) is 17.5 Å². The van der Waals surface area contributed by atoms with E-state index in [9.17, 15) is 0 Å². The molecule has 0 aliphatic carbocycles. The molecule has 0 saturated heterocycles. The largest absolute Gasteiger partial charge is 0.358 e. The Balaban J connectivity index is 0.000000711. The van der Waals surface area contributed by atoms with Crippen LogP contribution in [0.1, 0.15) is 13.8 Å². The summed E-state index contributed by atoms with van der Waals surface area (Å²) in [5.41, 5.74) is 0. The molecule has 0 bridgehead atoms. The first kappa shape index (κ1) is 15.0. The van der Waals surface area contributed by atoms with Crippen molar-refractivity contribution in [3.63, 3.8) is 0 Å². The monoisotopic (exact) mass is 234 g/mol. The first-order valence-corrected chi connectivity index (χ1v) is 7.38. The Morgan fingerprint density at radius 3 is 2.00 bits per heavy atom. The van der Waals surface area contributed by atoms with Gasteiger partial charge in [-0.2, -0.15) is 0 Å². The molecule has 2 rings (SSSR count). The summed E-state index contributed by atoms with van der Waals surface area (Å²) < 4.78 is 0. The molecule has 0 fully saturated rings. The van der Waals surface area contributed by atoms with Crippen LogP contribution >= 0.6 is 0 Å². The summed E-state index contributed by atoms with van der Waals surface area (Å²) in [6.45, 7) is 4.00. The Labute approximate surface area is 103 Å². The van der Waals surface area contributed by atoms with Gasteiger partial charge < -0.3 is 7.43 Å². The normalized spacial score (nSPS) is 9.31. The van der Waals surface area contributed by atoms with E-state index in [4.69, 9.17) is 0 Å². The standard InChI is InChI=1S/C12H13S.C2H6.CH3/c1-13(2)12-9-5-7-10-6-3-4-8-11(10)12;1-2;/h3-9H,1-2H3;1-2H3;1H3/q+1;;-1. The van der Waals surface area contributed by atoms with Crippen LogP contribution in [0.3, 0.4) is 0 Å². The zero-order chi connectivity index (χ0) is 11.3. The van der Waals surface area contributed by atoms with Gasteiger partial charge in [-0.3, -0.25) is 0 Å². The van der Waals surface area contributed by atoms with Gasteiger partial charge in [0.25, 0.3) is 0 Å². The summed E-state index contributed by atoms with van der Waals surface area (Å²) in [6, 6.07) is 15.1. The predicted molar refractivity (Wildman–Crippen MR) is 79.2 cm³/mol. The molecule has 0 nitrogen and oxygen atoms in total. The minimum Gasteiger partial charge on any atom is -0.358 e. The van der Waals surface area contributed by atoms with Crippen molar-refractivity contribution < 1.29 is 0 Å². The second kappa shape index (κ2) is 7.34. The topological polar surface area (TPSA) is 0 Å². The van der Waals surface area contributed by atoms with Crippen LogP contribution < -0.4 is 0 Å². The summed E-state index contributed by atoms with van der Waals surface area (Å²) in [5.74, 6) is 0. The van der Waals surface area contributed by atoms with Gasteiger partial charge in [-0.15, -0.1) is 0 Å². The van der Waals surface area contributed by atoms with Gasteiger partial charge in [0.05, 0.1) is 0 Å². The van der Waals surface area contributed by atoms with Crippen molar-refractivity contribution in [3.8, 4) is 0 Å². The molecule has 88 valence electrons. The van der Waals surface area contributed by atoms with E-state index in [-0.39, 0.29) is 7.43 Å². The molecule has 2 aromatic carbocycles. The van der Waals surface area contributed by atoms with E-state index in [1.54, 1.807) is 0 Å². The lowest BCUT2D eigenvalue weighted by molar-refractivity contribution is 1.50. The Morgan fingerprint density at radius 1 is 0.812 bits per heavy atom. The highest BCUT2D eigenvalue weighted by Gasteiger charge is 2.11. The average molecular weight is 234 g/mol. The van der Waals surface area contributed by atoms with Crippen LogP contribution in [0, 0.1) is 7.43 Å². The highest BCUT2D eigenvalue weighted by atomic mass is 32.2. The molecule has 0 aliphatic rings. The van der Waals surface area contributed by atoms with E-state index in [2.05, 4.69) is 55.0 Å². The lowest BCUT2D eigenvalue weighted by Crippen LogP contribution is -1.95. The van der Waals surface area contributed by atoms with Gasteiger partial charge in [0, 0.05) is 16.3 Å². The van der Waals surface area contributed by atoms with Crippen LogP contribution in [-0.4, -0.2) is 12.5 Å². The Hall–Kier alpha value is -0.950. The van der Waals surface area contributed by atoms with Crippen LogP contribution in [-0.2, 0) is 10.9 Å². The lowest BCUT2D eigenvalue weighted by Gasteiger charge is -2.01. The zero-order valence-electron chi connectivity index (χ0n) is 10.9. The third-order valence-corrected chi connectivity index (χ3v) is 3.43. The van der Waals surface area contributed by atoms with Gasteiger partial charge in [0.15, 0.2) is 4.90 Å². The molecule has 0 N–H and O–H groups in total. The van der Waals surface area contributed by atoms with Crippen molar-refractivity contribution >= 4 is 21.7 Å². The number of hydrogen-bond donors (Lipinski definition) is 0. The van der Waals surface area contributed by atoms with Gasteiger partial charge in [-0.25, -0.2) is 0 Å². The number of benzene rings is 2. The summed E-state index contributed by atoms with van der Waals surface area (Å²) >= 11 is 0. The van der Waals surface area contributed by atoms with Gasteiger partial charge in [-0.1, -0.05) is 44.2 Å². The molecule has 1 heteroatoms. The van der Waals surface area contributed by atoms with E-state index in [0.717, 1.165) is 0 Å². The van der Waals surface area contributed by atoms with Crippen molar-refractivity contribution in [3.05, 3.63) is 49.9 Å². The molecule has 0 aromatic heterocycles. The predicted octanol–water partition coefficient (Wildman–Crippen LogP) is 4.55. The maximum absolute atomic E-state index is 2.27. The van der Waals surface area contributed by atoms with Crippen molar-refractivity contribution in [1.29, 1.82) is 0 Å². The maximum Gasteiger partial charge on any atom is 0.162 e. The number of fused-ring (bicyclic) bond motifs is 1. The molecule has 2 aromatic rings. The molecule has 0 aliphatic heterocycles. The summed E-state index contributed by atoms with van der Waals surface area (Å²) in [7, 11) is 0.346. The fourth-order valence-corrected chi connectivity index (χ4v) is 2.53. The van der Waals surface area contributed by atoms with E-state index in [1.165, 1.54) is 15.7 Å². The SMILES string of the molecule is CC.C[S+](C)c1cccc2ccccc12.[CH3-]. The lowest BCUT2D eigenvalue weighted by atomic mass is 10.1. The van der Waals surface area contributed by atoms with Gasteiger partial charge in [0.1, 0.15) is 12.5 Å². The molecule has 0 unspecified atom stereocenters. The third kappa shape index (κ3) is 3.28. The van der Waals surface area contributed by atoms with E-state index in [0.29, 0.717) is 10.9 Å². The molecule has 0 heterocycles. The van der Waals surface area contributed by atoms with Crippen molar-refractivity contribution in [1.82, 2.24) is 0 Å². The van der Waals surface area contributed by atoms with E-state index < -0.39 is 0 Å². The van der Waals surface area contributed by atoms with Crippen LogP contribution in [0.2, 0.25) is 0 Å². The maximum atomic E-state index is 2.27. The van der Waals surface area contributed by atoms with Crippen LogP contribution in [0.4, 0.5) is 0 Å². The minimum atomic E-state index is 0. The summed E-state index contributed by atoms with van der Waals surface area (Å²) in [6.07, 6.45) is 4.53.